The number of hydrogen-bond donors (Lipinski definition) is 1. The molecule has 0 aliphatic rings. The average Bonchev–Trinajstić information content (AvgIpc) is 2.76. The van der Waals surface area contributed by atoms with Crippen LogP contribution in [0.2, 0.25) is 5.02 Å². The van der Waals surface area contributed by atoms with Crippen molar-refractivity contribution >= 4 is 17.5 Å². The normalized spacial score (nSPS) is 13.9. The van der Waals surface area contributed by atoms with Gasteiger partial charge >= 0.3 is 0 Å². The number of ether oxygens (including phenoxy) is 1. The highest BCUT2D eigenvalue weighted by atomic mass is 35.5. The van der Waals surface area contributed by atoms with Crippen molar-refractivity contribution in [3.63, 3.8) is 0 Å². The van der Waals surface area contributed by atoms with E-state index in [4.69, 9.17) is 16.3 Å². The first-order valence-electron chi connectivity index (χ1n) is 9.84. The Morgan fingerprint density at radius 1 is 0.862 bits per heavy atom. The van der Waals surface area contributed by atoms with Gasteiger partial charge in [-0.25, -0.2) is 0 Å². The molecule has 29 heavy (non-hydrogen) atoms. The molecule has 3 unspecified atom stereocenters. The van der Waals surface area contributed by atoms with Gasteiger partial charge in [0.05, 0.1) is 0 Å². The van der Waals surface area contributed by atoms with Crippen LogP contribution in [0.3, 0.4) is 0 Å². The molecule has 0 aliphatic carbocycles. The van der Waals surface area contributed by atoms with Crippen LogP contribution in [-0.2, 0) is 4.79 Å². The summed E-state index contributed by atoms with van der Waals surface area (Å²) in [5.74, 6) is 0.895. The van der Waals surface area contributed by atoms with Crippen LogP contribution in [0.5, 0.6) is 5.75 Å². The highest BCUT2D eigenvalue weighted by molar-refractivity contribution is 6.30. The van der Waals surface area contributed by atoms with Crippen LogP contribution in [0.4, 0.5) is 0 Å². The third-order valence-electron chi connectivity index (χ3n) is 5.15. The van der Waals surface area contributed by atoms with Crippen molar-refractivity contribution < 1.29 is 9.53 Å². The summed E-state index contributed by atoms with van der Waals surface area (Å²) in [4.78, 5) is 12.6. The third kappa shape index (κ3) is 5.85. The van der Waals surface area contributed by atoms with E-state index in [0.29, 0.717) is 17.3 Å². The SMILES string of the molecule is CC(Oc1ccc(Cl)cc1)C(=O)NCC(c1ccccc1)C(C)c1ccccc1. The maximum atomic E-state index is 12.6. The largest absolute Gasteiger partial charge is 0.481 e. The van der Waals surface area contributed by atoms with Crippen LogP contribution in [0, 0.1) is 0 Å². The van der Waals surface area contributed by atoms with Crippen molar-refractivity contribution in [1.29, 1.82) is 0 Å². The Balaban J connectivity index is 1.67. The van der Waals surface area contributed by atoms with Gasteiger partial charge in [-0.1, -0.05) is 79.2 Å². The van der Waals surface area contributed by atoms with E-state index in [1.165, 1.54) is 11.1 Å². The van der Waals surface area contributed by atoms with Gasteiger partial charge in [-0.3, -0.25) is 4.79 Å². The van der Waals surface area contributed by atoms with Crippen molar-refractivity contribution in [2.24, 2.45) is 0 Å². The zero-order valence-corrected chi connectivity index (χ0v) is 17.5. The summed E-state index contributed by atoms with van der Waals surface area (Å²) in [6.45, 7) is 4.49. The molecular formula is C25H26ClNO2. The van der Waals surface area contributed by atoms with Gasteiger partial charge < -0.3 is 10.1 Å². The van der Waals surface area contributed by atoms with E-state index in [2.05, 4.69) is 48.6 Å². The summed E-state index contributed by atoms with van der Waals surface area (Å²) >= 11 is 5.90. The third-order valence-corrected chi connectivity index (χ3v) is 5.40. The fourth-order valence-corrected chi connectivity index (χ4v) is 3.52. The molecular weight excluding hydrogens is 382 g/mol. The zero-order chi connectivity index (χ0) is 20.6. The zero-order valence-electron chi connectivity index (χ0n) is 16.7. The van der Waals surface area contributed by atoms with Crippen molar-refractivity contribution in [3.8, 4) is 5.75 Å². The van der Waals surface area contributed by atoms with E-state index < -0.39 is 6.10 Å². The van der Waals surface area contributed by atoms with Gasteiger partial charge in [-0.15, -0.1) is 0 Å². The molecule has 0 saturated carbocycles. The molecule has 3 rings (SSSR count). The van der Waals surface area contributed by atoms with Crippen molar-refractivity contribution in [2.75, 3.05) is 6.54 Å². The number of hydrogen-bond acceptors (Lipinski definition) is 2. The van der Waals surface area contributed by atoms with E-state index in [0.717, 1.165) is 0 Å². The second-order valence-electron chi connectivity index (χ2n) is 7.18. The second-order valence-corrected chi connectivity index (χ2v) is 7.61. The van der Waals surface area contributed by atoms with Gasteiger partial charge in [-0.2, -0.15) is 0 Å². The Bertz CT molecular complexity index is 897. The molecule has 3 nitrogen and oxygen atoms in total. The minimum absolute atomic E-state index is 0.138. The molecule has 3 aromatic carbocycles. The van der Waals surface area contributed by atoms with E-state index in [-0.39, 0.29) is 17.7 Å². The fourth-order valence-electron chi connectivity index (χ4n) is 3.40. The Morgan fingerprint density at radius 3 is 2.00 bits per heavy atom. The fraction of sp³-hybridized carbons (Fsp3) is 0.240. The van der Waals surface area contributed by atoms with Gasteiger partial charge in [-0.05, 0) is 48.2 Å². The molecule has 1 N–H and O–H groups in total. The number of nitrogens with one attached hydrogen (secondary N) is 1. The minimum atomic E-state index is -0.598. The highest BCUT2D eigenvalue weighted by Gasteiger charge is 2.23. The summed E-state index contributed by atoms with van der Waals surface area (Å²) in [5, 5.41) is 3.71. The molecule has 3 atom stereocenters. The lowest BCUT2D eigenvalue weighted by Gasteiger charge is -2.26. The Hall–Kier alpha value is -2.78. The molecule has 1 amide bonds. The number of amides is 1. The number of carbonyl (C=O) groups is 1. The number of halogens is 1. The Kier molecular flexibility index (Phi) is 7.31. The van der Waals surface area contributed by atoms with Gasteiger partial charge in [0.1, 0.15) is 5.75 Å². The standard InChI is InChI=1S/C25H26ClNO2/c1-18(20-9-5-3-6-10-20)24(21-11-7-4-8-12-21)17-27-25(28)19(2)29-23-15-13-22(26)14-16-23/h3-16,18-19,24H,17H2,1-2H3,(H,27,28). The first-order chi connectivity index (χ1) is 14.0. The predicted octanol–water partition coefficient (Wildman–Crippen LogP) is 5.81. The van der Waals surface area contributed by atoms with Crippen LogP contribution in [-0.4, -0.2) is 18.6 Å². The molecule has 0 spiro atoms. The molecule has 0 fully saturated rings. The summed E-state index contributed by atoms with van der Waals surface area (Å²) < 4.78 is 5.74. The lowest BCUT2D eigenvalue weighted by atomic mass is 9.82. The Labute approximate surface area is 177 Å². The molecule has 0 heterocycles. The molecule has 3 aromatic rings. The highest BCUT2D eigenvalue weighted by Crippen LogP contribution is 2.32. The molecule has 0 aliphatic heterocycles. The molecule has 0 bridgehead atoms. The van der Waals surface area contributed by atoms with Crippen LogP contribution in [0.25, 0.3) is 0 Å². The number of carbonyl (C=O) groups excluding carboxylic acids is 1. The smallest absolute Gasteiger partial charge is 0.260 e. The van der Waals surface area contributed by atoms with Crippen molar-refractivity contribution in [3.05, 3.63) is 101 Å². The van der Waals surface area contributed by atoms with E-state index in [9.17, 15) is 4.79 Å². The maximum Gasteiger partial charge on any atom is 0.260 e. The monoisotopic (exact) mass is 407 g/mol. The molecule has 0 radical (unpaired) electrons. The lowest BCUT2D eigenvalue weighted by Crippen LogP contribution is -2.39. The van der Waals surface area contributed by atoms with Crippen LogP contribution in [0.1, 0.15) is 36.8 Å². The average molecular weight is 408 g/mol. The van der Waals surface area contributed by atoms with Gasteiger partial charge in [0, 0.05) is 17.5 Å². The first-order valence-corrected chi connectivity index (χ1v) is 10.2. The second kappa shape index (κ2) is 10.1. The Morgan fingerprint density at radius 2 is 1.41 bits per heavy atom. The van der Waals surface area contributed by atoms with Gasteiger partial charge in [0.2, 0.25) is 0 Å². The summed E-state index contributed by atoms with van der Waals surface area (Å²) in [6.07, 6.45) is -0.598. The van der Waals surface area contributed by atoms with Gasteiger partial charge in [0.25, 0.3) is 5.91 Å². The number of rotatable bonds is 8. The lowest BCUT2D eigenvalue weighted by molar-refractivity contribution is -0.127. The number of benzene rings is 3. The van der Waals surface area contributed by atoms with E-state index in [1.54, 1.807) is 31.2 Å². The minimum Gasteiger partial charge on any atom is -0.481 e. The van der Waals surface area contributed by atoms with E-state index >= 15 is 0 Å². The molecule has 150 valence electrons. The quantitative estimate of drug-likeness (QED) is 0.511. The molecule has 0 saturated heterocycles. The summed E-state index contributed by atoms with van der Waals surface area (Å²) in [5.41, 5.74) is 2.46. The maximum absolute atomic E-state index is 12.6. The van der Waals surface area contributed by atoms with Crippen molar-refractivity contribution in [1.82, 2.24) is 5.32 Å². The van der Waals surface area contributed by atoms with Crippen LogP contribution < -0.4 is 10.1 Å². The molecule has 0 aromatic heterocycles. The first kappa shape index (κ1) is 20.9. The van der Waals surface area contributed by atoms with Gasteiger partial charge in [0.15, 0.2) is 6.10 Å². The molecule has 4 heteroatoms. The van der Waals surface area contributed by atoms with E-state index in [1.807, 2.05) is 24.3 Å². The summed E-state index contributed by atoms with van der Waals surface area (Å²) in [7, 11) is 0. The topological polar surface area (TPSA) is 38.3 Å². The summed E-state index contributed by atoms with van der Waals surface area (Å²) in [6, 6.07) is 27.7. The van der Waals surface area contributed by atoms with Crippen LogP contribution in [0.15, 0.2) is 84.9 Å². The predicted molar refractivity (Wildman–Crippen MR) is 119 cm³/mol. The van der Waals surface area contributed by atoms with Crippen molar-refractivity contribution in [2.45, 2.75) is 31.8 Å². The van der Waals surface area contributed by atoms with Crippen LogP contribution >= 0.6 is 11.6 Å².